The fraction of sp³-hybridized carbons (Fsp3) is 0.500. The molecule has 1 N–H and O–H groups in total. The highest BCUT2D eigenvalue weighted by atomic mass is 16.5. The van der Waals surface area contributed by atoms with Gasteiger partial charge in [-0.25, -0.2) is 0 Å². The van der Waals surface area contributed by atoms with E-state index in [1.807, 2.05) is 6.92 Å². The second-order valence-electron chi connectivity index (χ2n) is 5.06. The zero-order valence-corrected chi connectivity index (χ0v) is 12.8. The molecule has 1 aromatic rings. The summed E-state index contributed by atoms with van der Waals surface area (Å²) in [6, 6.07) is 7.06. The van der Waals surface area contributed by atoms with Gasteiger partial charge < -0.3 is 19.7 Å². The Labute approximate surface area is 130 Å². The Morgan fingerprint density at radius 3 is 2.27 bits per heavy atom. The van der Waals surface area contributed by atoms with Gasteiger partial charge in [0.15, 0.2) is 6.61 Å². The summed E-state index contributed by atoms with van der Waals surface area (Å²) < 4.78 is 10.7. The topological polar surface area (TPSA) is 67.9 Å². The Morgan fingerprint density at radius 2 is 1.68 bits per heavy atom. The lowest BCUT2D eigenvalue weighted by Gasteiger charge is -2.15. The van der Waals surface area contributed by atoms with Crippen molar-refractivity contribution in [3.05, 3.63) is 24.3 Å². The predicted molar refractivity (Wildman–Crippen MR) is 81.9 cm³/mol. The molecule has 1 aromatic carbocycles. The van der Waals surface area contributed by atoms with Crippen molar-refractivity contribution in [2.75, 3.05) is 32.8 Å². The van der Waals surface area contributed by atoms with E-state index in [1.54, 1.807) is 29.2 Å². The van der Waals surface area contributed by atoms with Crippen molar-refractivity contribution in [3.8, 4) is 11.5 Å². The van der Waals surface area contributed by atoms with E-state index < -0.39 is 0 Å². The van der Waals surface area contributed by atoms with Crippen LogP contribution in [0, 0.1) is 0 Å². The van der Waals surface area contributed by atoms with Crippen molar-refractivity contribution in [2.45, 2.75) is 19.8 Å². The van der Waals surface area contributed by atoms with E-state index in [0.717, 1.165) is 31.7 Å². The van der Waals surface area contributed by atoms with E-state index in [0.29, 0.717) is 12.4 Å². The summed E-state index contributed by atoms with van der Waals surface area (Å²) in [6.07, 6.45) is 2.08. The molecule has 0 bridgehead atoms. The number of hydrogen-bond acceptors (Lipinski definition) is 4. The summed E-state index contributed by atoms with van der Waals surface area (Å²) in [4.78, 5) is 25.2. The second kappa shape index (κ2) is 8.26. The van der Waals surface area contributed by atoms with Crippen LogP contribution >= 0.6 is 0 Å². The molecule has 0 unspecified atom stereocenters. The molecule has 1 aliphatic heterocycles. The van der Waals surface area contributed by atoms with Gasteiger partial charge in [0, 0.05) is 13.1 Å². The largest absolute Gasteiger partial charge is 0.494 e. The maximum atomic E-state index is 11.8. The minimum Gasteiger partial charge on any atom is -0.494 e. The average Bonchev–Trinajstić information content (AvgIpc) is 3.07. The van der Waals surface area contributed by atoms with Gasteiger partial charge in [-0.15, -0.1) is 0 Å². The third-order valence-electron chi connectivity index (χ3n) is 3.40. The van der Waals surface area contributed by atoms with Crippen molar-refractivity contribution in [2.24, 2.45) is 0 Å². The molecule has 0 radical (unpaired) electrons. The van der Waals surface area contributed by atoms with Crippen molar-refractivity contribution in [3.63, 3.8) is 0 Å². The highest BCUT2D eigenvalue weighted by molar-refractivity contribution is 5.85. The third-order valence-corrected chi connectivity index (χ3v) is 3.40. The first-order chi connectivity index (χ1) is 10.7. The third kappa shape index (κ3) is 4.95. The second-order valence-corrected chi connectivity index (χ2v) is 5.06. The van der Waals surface area contributed by atoms with Crippen LogP contribution in [0.2, 0.25) is 0 Å². The zero-order valence-electron chi connectivity index (χ0n) is 12.8. The number of nitrogens with zero attached hydrogens (tertiary/aromatic N) is 1. The highest BCUT2D eigenvalue weighted by Crippen LogP contribution is 2.17. The van der Waals surface area contributed by atoms with E-state index in [4.69, 9.17) is 9.47 Å². The molecule has 6 nitrogen and oxygen atoms in total. The summed E-state index contributed by atoms with van der Waals surface area (Å²) in [5.74, 6) is 1.01. The van der Waals surface area contributed by atoms with Crippen LogP contribution in [0.5, 0.6) is 11.5 Å². The maximum Gasteiger partial charge on any atom is 0.258 e. The van der Waals surface area contributed by atoms with Crippen LogP contribution in [0.15, 0.2) is 24.3 Å². The van der Waals surface area contributed by atoms with Crippen LogP contribution in [0.25, 0.3) is 0 Å². The number of nitrogens with one attached hydrogen (secondary N) is 1. The summed E-state index contributed by atoms with van der Waals surface area (Å²) in [5, 5.41) is 2.58. The fourth-order valence-corrected chi connectivity index (χ4v) is 2.25. The van der Waals surface area contributed by atoms with E-state index >= 15 is 0 Å². The molecule has 1 aliphatic rings. The summed E-state index contributed by atoms with van der Waals surface area (Å²) >= 11 is 0. The van der Waals surface area contributed by atoms with Gasteiger partial charge in [-0.1, -0.05) is 0 Å². The van der Waals surface area contributed by atoms with Crippen molar-refractivity contribution in [1.29, 1.82) is 0 Å². The fourth-order valence-electron chi connectivity index (χ4n) is 2.25. The molecule has 0 saturated carbocycles. The summed E-state index contributed by atoms with van der Waals surface area (Å²) in [6.45, 7) is 4.02. The van der Waals surface area contributed by atoms with Gasteiger partial charge in [0.1, 0.15) is 11.5 Å². The quantitative estimate of drug-likeness (QED) is 0.822. The molecule has 0 aromatic heterocycles. The molecular formula is C16H22N2O4. The Balaban J connectivity index is 1.67. The van der Waals surface area contributed by atoms with Gasteiger partial charge in [-0.3, -0.25) is 9.59 Å². The molecule has 1 fully saturated rings. The normalized spacial score (nSPS) is 13.8. The first kappa shape index (κ1) is 16.1. The van der Waals surface area contributed by atoms with E-state index in [1.165, 1.54) is 0 Å². The molecule has 2 rings (SSSR count). The van der Waals surface area contributed by atoms with Crippen molar-refractivity contribution in [1.82, 2.24) is 10.2 Å². The molecule has 0 atom stereocenters. The lowest BCUT2D eigenvalue weighted by molar-refractivity contribution is -0.132. The van der Waals surface area contributed by atoms with Crippen LogP contribution in [-0.4, -0.2) is 49.6 Å². The van der Waals surface area contributed by atoms with Crippen molar-refractivity contribution < 1.29 is 19.1 Å². The molecule has 0 aliphatic carbocycles. The number of carbonyl (C=O) groups excluding carboxylic acids is 2. The van der Waals surface area contributed by atoms with Crippen molar-refractivity contribution >= 4 is 11.8 Å². The van der Waals surface area contributed by atoms with Crippen LogP contribution < -0.4 is 14.8 Å². The van der Waals surface area contributed by atoms with E-state index in [9.17, 15) is 9.59 Å². The minimum absolute atomic E-state index is 0.0332. The molecule has 2 amide bonds. The zero-order chi connectivity index (χ0) is 15.8. The molecule has 1 heterocycles. The number of ether oxygens (including phenoxy) is 2. The van der Waals surface area contributed by atoms with Crippen LogP contribution in [0.4, 0.5) is 0 Å². The van der Waals surface area contributed by atoms with Crippen LogP contribution in [0.3, 0.4) is 0 Å². The van der Waals surface area contributed by atoms with Crippen LogP contribution in [0.1, 0.15) is 19.8 Å². The van der Waals surface area contributed by atoms with Crippen LogP contribution in [-0.2, 0) is 9.59 Å². The maximum absolute atomic E-state index is 11.8. The van der Waals surface area contributed by atoms with Gasteiger partial charge >= 0.3 is 0 Å². The first-order valence-electron chi connectivity index (χ1n) is 7.59. The molecular weight excluding hydrogens is 284 g/mol. The monoisotopic (exact) mass is 306 g/mol. The van der Waals surface area contributed by atoms with Gasteiger partial charge in [0.25, 0.3) is 5.91 Å². The number of benzene rings is 1. The summed E-state index contributed by atoms with van der Waals surface area (Å²) in [5.41, 5.74) is 0. The first-order valence-corrected chi connectivity index (χ1v) is 7.59. The molecule has 1 saturated heterocycles. The van der Waals surface area contributed by atoms with Gasteiger partial charge in [0.05, 0.1) is 13.2 Å². The highest BCUT2D eigenvalue weighted by Gasteiger charge is 2.18. The Kier molecular flexibility index (Phi) is 6.06. The van der Waals surface area contributed by atoms with Gasteiger partial charge in [-0.05, 0) is 44.0 Å². The number of rotatable bonds is 7. The standard InChI is InChI=1S/C16H22N2O4/c1-2-21-13-5-7-14(8-6-13)22-12-15(19)17-11-16(20)18-9-3-4-10-18/h5-8H,2-4,9-12H2,1H3,(H,17,19). The number of amides is 2. The number of carbonyl (C=O) groups is 2. The predicted octanol–water partition coefficient (Wildman–Crippen LogP) is 1.20. The van der Waals surface area contributed by atoms with E-state index in [-0.39, 0.29) is 25.0 Å². The lowest BCUT2D eigenvalue weighted by Crippen LogP contribution is -2.40. The summed E-state index contributed by atoms with van der Waals surface area (Å²) in [7, 11) is 0. The van der Waals surface area contributed by atoms with Gasteiger partial charge in [-0.2, -0.15) is 0 Å². The molecule has 0 spiro atoms. The smallest absolute Gasteiger partial charge is 0.258 e. The van der Waals surface area contributed by atoms with Gasteiger partial charge in [0.2, 0.25) is 5.91 Å². The minimum atomic E-state index is -0.304. The molecule has 120 valence electrons. The SMILES string of the molecule is CCOc1ccc(OCC(=O)NCC(=O)N2CCCC2)cc1. The molecule has 22 heavy (non-hydrogen) atoms. The Hall–Kier alpha value is -2.24. The lowest BCUT2D eigenvalue weighted by atomic mass is 10.3. The Bertz CT molecular complexity index is 495. The molecule has 6 heteroatoms. The Morgan fingerprint density at radius 1 is 1.09 bits per heavy atom. The number of likely N-dealkylation sites (tertiary alicyclic amines) is 1. The van der Waals surface area contributed by atoms with E-state index in [2.05, 4.69) is 5.32 Å². The number of hydrogen-bond donors (Lipinski definition) is 1. The average molecular weight is 306 g/mol.